The van der Waals surface area contributed by atoms with Crippen LogP contribution in [0.4, 0.5) is 16.2 Å². The van der Waals surface area contributed by atoms with Crippen LogP contribution in [0.3, 0.4) is 0 Å². The van der Waals surface area contributed by atoms with E-state index in [2.05, 4.69) is 29.4 Å². The zero-order valence-electron chi connectivity index (χ0n) is 15.0. The number of rotatable bonds is 4. The number of nitrogens with zero attached hydrogens (tertiary/aromatic N) is 1. The summed E-state index contributed by atoms with van der Waals surface area (Å²) in [6.07, 6.45) is 0.316. The lowest BCUT2D eigenvalue weighted by atomic mass is 10.1. The zero-order valence-corrected chi connectivity index (χ0v) is 15.8. The fourth-order valence-corrected chi connectivity index (χ4v) is 3.31. The van der Waals surface area contributed by atoms with Crippen LogP contribution < -0.4 is 15.5 Å². The van der Waals surface area contributed by atoms with Gasteiger partial charge in [-0.05, 0) is 43.7 Å². The quantitative estimate of drug-likeness (QED) is 0.841. The Kier molecular flexibility index (Phi) is 6.01. The van der Waals surface area contributed by atoms with Gasteiger partial charge < -0.3 is 20.3 Å². The number of benzene rings is 2. The molecule has 26 heavy (non-hydrogen) atoms. The molecule has 2 atom stereocenters. The standard InChI is InChI=1S/C20H24ClN3O2/c1-14-12-24(13-15(2)26-14)19-6-4-3-5-18(19)23-20(25)22-11-16-7-9-17(21)10-8-16/h3-10,14-15H,11-13H2,1-2H3,(H2,22,23,25). The van der Waals surface area contributed by atoms with Crippen LogP contribution in [0.2, 0.25) is 5.02 Å². The van der Waals surface area contributed by atoms with Crippen molar-refractivity contribution in [1.29, 1.82) is 0 Å². The summed E-state index contributed by atoms with van der Waals surface area (Å²) in [5, 5.41) is 6.52. The molecule has 1 saturated heterocycles. The summed E-state index contributed by atoms with van der Waals surface area (Å²) < 4.78 is 5.80. The predicted octanol–water partition coefficient (Wildman–Crippen LogP) is 4.28. The third-order valence-electron chi connectivity index (χ3n) is 4.28. The Balaban J connectivity index is 1.64. The van der Waals surface area contributed by atoms with Crippen LogP contribution in [0, 0.1) is 0 Å². The van der Waals surface area contributed by atoms with Gasteiger partial charge in [-0.15, -0.1) is 0 Å². The van der Waals surface area contributed by atoms with Crippen molar-refractivity contribution in [1.82, 2.24) is 5.32 Å². The molecule has 3 rings (SSSR count). The number of carbonyl (C=O) groups excluding carboxylic acids is 1. The van der Waals surface area contributed by atoms with E-state index < -0.39 is 0 Å². The van der Waals surface area contributed by atoms with Gasteiger partial charge >= 0.3 is 6.03 Å². The minimum absolute atomic E-state index is 0.158. The number of ether oxygens (including phenoxy) is 1. The van der Waals surface area contributed by atoms with E-state index in [0.717, 1.165) is 30.0 Å². The molecule has 5 nitrogen and oxygen atoms in total. The maximum Gasteiger partial charge on any atom is 0.319 e. The average Bonchev–Trinajstić information content (AvgIpc) is 2.61. The van der Waals surface area contributed by atoms with E-state index in [1.54, 1.807) is 0 Å². The lowest BCUT2D eigenvalue weighted by Gasteiger charge is -2.37. The number of hydrogen-bond acceptors (Lipinski definition) is 3. The molecule has 1 aliphatic heterocycles. The van der Waals surface area contributed by atoms with Crippen LogP contribution in [-0.4, -0.2) is 31.3 Å². The number of amides is 2. The van der Waals surface area contributed by atoms with Gasteiger partial charge in [0.05, 0.1) is 23.6 Å². The van der Waals surface area contributed by atoms with E-state index in [4.69, 9.17) is 16.3 Å². The second-order valence-corrected chi connectivity index (χ2v) is 7.05. The van der Waals surface area contributed by atoms with Crippen LogP contribution in [0.15, 0.2) is 48.5 Å². The van der Waals surface area contributed by atoms with E-state index >= 15 is 0 Å². The molecule has 1 heterocycles. The van der Waals surface area contributed by atoms with Gasteiger partial charge in [-0.3, -0.25) is 0 Å². The fourth-order valence-electron chi connectivity index (χ4n) is 3.18. The van der Waals surface area contributed by atoms with Gasteiger partial charge in [0.15, 0.2) is 0 Å². The lowest BCUT2D eigenvalue weighted by molar-refractivity contribution is -0.00517. The third kappa shape index (κ3) is 4.90. The molecule has 2 aromatic carbocycles. The van der Waals surface area contributed by atoms with Crippen molar-refractivity contribution in [3.8, 4) is 0 Å². The minimum atomic E-state index is -0.234. The van der Waals surface area contributed by atoms with Crippen molar-refractivity contribution < 1.29 is 9.53 Å². The number of morpholine rings is 1. The van der Waals surface area contributed by atoms with Crippen molar-refractivity contribution in [2.75, 3.05) is 23.3 Å². The van der Waals surface area contributed by atoms with E-state index in [-0.39, 0.29) is 18.2 Å². The number of para-hydroxylation sites is 2. The highest BCUT2D eigenvalue weighted by atomic mass is 35.5. The van der Waals surface area contributed by atoms with Gasteiger partial charge in [0.2, 0.25) is 0 Å². The molecule has 0 aliphatic carbocycles. The van der Waals surface area contributed by atoms with E-state index in [0.29, 0.717) is 11.6 Å². The van der Waals surface area contributed by atoms with Crippen LogP contribution >= 0.6 is 11.6 Å². The molecule has 0 bridgehead atoms. The SMILES string of the molecule is CC1CN(c2ccccc2NC(=O)NCc2ccc(Cl)cc2)CC(C)O1. The normalized spacial score (nSPS) is 19.9. The zero-order chi connectivity index (χ0) is 18.5. The van der Waals surface area contributed by atoms with E-state index in [9.17, 15) is 4.79 Å². The Bertz CT molecular complexity index is 741. The molecule has 0 spiro atoms. The van der Waals surface area contributed by atoms with Gasteiger partial charge in [0.1, 0.15) is 0 Å². The predicted molar refractivity (Wildman–Crippen MR) is 106 cm³/mol. The smallest absolute Gasteiger partial charge is 0.319 e. The first-order valence-electron chi connectivity index (χ1n) is 8.80. The molecule has 2 amide bonds. The molecule has 6 heteroatoms. The highest BCUT2D eigenvalue weighted by molar-refractivity contribution is 6.30. The first-order chi connectivity index (χ1) is 12.5. The molecule has 0 radical (unpaired) electrons. The molecule has 1 aliphatic rings. The highest BCUT2D eigenvalue weighted by Gasteiger charge is 2.24. The second kappa shape index (κ2) is 8.43. The summed E-state index contributed by atoms with van der Waals surface area (Å²) in [6.45, 7) is 6.18. The third-order valence-corrected chi connectivity index (χ3v) is 4.53. The molecular weight excluding hydrogens is 350 g/mol. The molecule has 2 unspecified atom stereocenters. The topological polar surface area (TPSA) is 53.6 Å². The number of hydrogen-bond donors (Lipinski definition) is 2. The maximum atomic E-state index is 12.3. The second-order valence-electron chi connectivity index (χ2n) is 6.61. The number of urea groups is 1. The van der Waals surface area contributed by atoms with Gasteiger partial charge in [-0.1, -0.05) is 35.9 Å². The lowest BCUT2D eigenvalue weighted by Crippen LogP contribution is -2.45. The number of anilines is 2. The van der Waals surface area contributed by atoms with Crippen molar-refractivity contribution >= 4 is 29.0 Å². The van der Waals surface area contributed by atoms with Crippen molar-refractivity contribution in [3.63, 3.8) is 0 Å². The van der Waals surface area contributed by atoms with Crippen molar-refractivity contribution in [2.24, 2.45) is 0 Å². The monoisotopic (exact) mass is 373 g/mol. The van der Waals surface area contributed by atoms with Crippen molar-refractivity contribution in [3.05, 3.63) is 59.1 Å². The minimum Gasteiger partial charge on any atom is -0.372 e. The molecular formula is C20H24ClN3O2. The molecule has 0 aromatic heterocycles. The van der Waals surface area contributed by atoms with E-state index in [1.807, 2.05) is 48.5 Å². The van der Waals surface area contributed by atoms with Crippen LogP contribution in [-0.2, 0) is 11.3 Å². The summed E-state index contributed by atoms with van der Waals surface area (Å²) in [7, 11) is 0. The molecule has 1 fully saturated rings. The highest BCUT2D eigenvalue weighted by Crippen LogP contribution is 2.28. The summed E-state index contributed by atoms with van der Waals surface area (Å²) in [6, 6.07) is 15.0. The van der Waals surface area contributed by atoms with Crippen LogP contribution in [0.1, 0.15) is 19.4 Å². The van der Waals surface area contributed by atoms with Crippen LogP contribution in [0.25, 0.3) is 0 Å². The summed E-state index contributed by atoms with van der Waals surface area (Å²) in [5.41, 5.74) is 2.80. The Morgan fingerprint density at radius 2 is 1.77 bits per heavy atom. The average molecular weight is 374 g/mol. The van der Waals surface area contributed by atoms with E-state index in [1.165, 1.54) is 0 Å². The summed E-state index contributed by atoms with van der Waals surface area (Å²) in [4.78, 5) is 14.6. The molecule has 2 aromatic rings. The largest absolute Gasteiger partial charge is 0.372 e. The Labute approximate surface area is 159 Å². The number of halogens is 1. The molecule has 0 saturated carbocycles. The van der Waals surface area contributed by atoms with Gasteiger partial charge in [-0.25, -0.2) is 4.79 Å². The Hall–Kier alpha value is -2.24. The van der Waals surface area contributed by atoms with Gasteiger partial charge in [0, 0.05) is 24.7 Å². The van der Waals surface area contributed by atoms with Gasteiger partial charge in [0.25, 0.3) is 0 Å². The van der Waals surface area contributed by atoms with Gasteiger partial charge in [-0.2, -0.15) is 0 Å². The number of nitrogens with one attached hydrogen (secondary N) is 2. The van der Waals surface area contributed by atoms with Crippen LogP contribution in [0.5, 0.6) is 0 Å². The summed E-state index contributed by atoms with van der Waals surface area (Å²) >= 11 is 5.88. The number of carbonyl (C=O) groups is 1. The first-order valence-corrected chi connectivity index (χ1v) is 9.18. The van der Waals surface area contributed by atoms with Crippen molar-refractivity contribution in [2.45, 2.75) is 32.6 Å². The summed E-state index contributed by atoms with van der Waals surface area (Å²) in [5.74, 6) is 0. The maximum absolute atomic E-state index is 12.3. The molecule has 138 valence electrons. The molecule has 2 N–H and O–H groups in total. The fraction of sp³-hybridized carbons (Fsp3) is 0.350. The Morgan fingerprint density at radius 3 is 2.46 bits per heavy atom. The Morgan fingerprint density at radius 1 is 1.12 bits per heavy atom. The first kappa shape index (κ1) is 18.5.